The standard InChI is InChI=1S/C14H17N3O/c1-3-9(2)12-8-18-14(17-12)13-15-10-6-4-5-7-11(10)16-13/h4-7,9,12H,3,8H2,1-2H3,(H,15,16)/t9-,12-/m1/s1. The lowest BCUT2D eigenvalue weighted by molar-refractivity contribution is 0.281. The summed E-state index contributed by atoms with van der Waals surface area (Å²) in [5.41, 5.74) is 1.97. The summed E-state index contributed by atoms with van der Waals surface area (Å²) in [7, 11) is 0. The Kier molecular flexibility index (Phi) is 2.78. The number of nitrogens with zero attached hydrogens (tertiary/aromatic N) is 2. The highest BCUT2D eigenvalue weighted by atomic mass is 16.5. The Hall–Kier alpha value is -1.84. The number of fused-ring (bicyclic) bond motifs is 1. The summed E-state index contributed by atoms with van der Waals surface area (Å²) in [6, 6.07) is 8.22. The van der Waals surface area contributed by atoms with Gasteiger partial charge in [-0.2, -0.15) is 0 Å². The normalized spacial score (nSPS) is 20.8. The van der Waals surface area contributed by atoms with E-state index in [0.717, 1.165) is 23.3 Å². The van der Waals surface area contributed by atoms with Gasteiger partial charge in [-0.3, -0.25) is 0 Å². The lowest BCUT2D eigenvalue weighted by Crippen LogP contribution is -2.16. The predicted molar refractivity (Wildman–Crippen MR) is 71.8 cm³/mol. The van der Waals surface area contributed by atoms with Gasteiger partial charge in [0.25, 0.3) is 5.90 Å². The fourth-order valence-corrected chi connectivity index (χ4v) is 2.14. The first kappa shape index (κ1) is 11.3. The second kappa shape index (κ2) is 4.44. The second-order valence-electron chi connectivity index (χ2n) is 4.80. The van der Waals surface area contributed by atoms with Gasteiger partial charge in [0.2, 0.25) is 0 Å². The minimum absolute atomic E-state index is 0.262. The lowest BCUT2D eigenvalue weighted by atomic mass is 10.0. The van der Waals surface area contributed by atoms with E-state index in [1.54, 1.807) is 0 Å². The van der Waals surface area contributed by atoms with E-state index in [-0.39, 0.29) is 6.04 Å². The van der Waals surface area contributed by atoms with E-state index in [2.05, 4.69) is 28.8 Å². The number of nitrogens with one attached hydrogen (secondary N) is 1. The van der Waals surface area contributed by atoms with Crippen molar-refractivity contribution in [2.24, 2.45) is 10.9 Å². The van der Waals surface area contributed by atoms with Gasteiger partial charge < -0.3 is 9.72 Å². The molecule has 4 nitrogen and oxygen atoms in total. The van der Waals surface area contributed by atoms with Gasteiger partial charge >= 0.3 is 0 Å². The van der Waals surface area contributed by atoms with E-state index in [0.29, 0.717) is 18.4 Å². The Morgan fingerprint density at radius 1 is 1.44 bits per heavy atom. The number of aliphatic imine (C=N–C) groups is 1. The zero-order chi connectivity index (χ0) is 12.5. The van der Waals surface area contributed by atoms with Crippen LogP contribution in [0, 0.1) is 5.92 Å². The summed E-state index contributed by atoms with van der Waals surface area (Å²) in [4.78, 5) is 12.4. The predicted octanol–water partition coefficient (Wildman–Crippen LogP) is 2.75. The number of rotatable bonds is 3. The third-order valence-electron chi connectivity index (χ3n) is 3.57. The Labute approximate surface area is 106 Å². The fraction of sp³-hybridized carbons (Fsp3) is 0.429. The molecule has 0 bridgehead atoms. The number of benzene rings is 1. The molecule has 2 atom stereocenters. The molecule has 0 saturated carbocycles. The molecule has 0 amide bonds. The van der Waals surface area contributed by atoms with Gasteiger partial charge in [-0.25, -0.2) is 9.98 Å². The Bertz CT molecular complexity index is 554. The second-order valence-corrected chi connectivity index (χ2v) is 4.80. The van der Waals surface area contributed by atoms with Crippen molar-refractivity contribution in [2.45, 2.75) is 26.3 Å². The van der Waals surface area contributed by atoms with E-state index in [1.165, 1.54) is 0 Å². The van der Waals surface area contributed by atoms with E-state index in [9.17, 15) is 0 Å². The topological polar surface area (TPSA) is 50.3 Å². The van der Waals surface area contributed by atoms with Crippen LogP contribution in [0.4, 0.5) is 0 Å². The largest absolute Gasteiger partial charge is 0.473 e. The van der Waals surface area contributed by atoms with Crippen LogP contribution in [0.25, 0.3) is 11.0 Å². The molecule has 0 fully saturated rings. The third-order valence-corrected chi connectivity index (χ3v) is 3.57. The number of imidazole rings is 1. The first-order valence-corrected chi connectivity index (χ1v) is 6.43. The number of aromatic amines is 1. The molecule has 0 spiro atoms. The summed E-state index contributed by atoms with van der Waals surface area (Å²) >= 11 is 0. The number of H-pyrrole nitrogens is 1. The van der Waals surface area contributed by atoms with Crippen molar-refractivity contribution < 1.29 is 4.74 Å². The molecule has 18 heavy (non-hydrogen) atoms. The van der Waals surface area contributed by atoms with Gasteiger partial charge in [0.05, 0.1) is 17.1 Å². The monoisotopic (exact) mass is 243 g/mol. The van der Waals surface area contributed by atoms with Crippen molar-refractivity contribution in [3.05, 3.63) is 30.1 Å². The number of aromatic nitrogens is 2. The number of hydrogen-bond donors (Lipinski definition) is 1. The molecule has 2 aromatic rings. The number of para-hydroxylation sites is 2. The highest BCUT2D eigenvalue weighted by Gasteiger charge is 2.25. The van der Waals surface area contributed by atoms with Crippen molar-refractivity contribution in [1.29, 1.82) is 0 Å². The van der Waals surface area contributed by atoms with Crippen molar-refractivity contribution in [3.63, 3.8) is 0 Å². The zero-order valence-electron chi connectivity index (χ0n) is 10.7. The minimum atomic E-state index is 0.262. The maximum Gasteiger partial charge on any atom is 0.253 e. The average Bonchev–Trinajstić information content (AvgIpc) is 3.03. The summed E-state index contributed by atoms with van der Waals surface area (Å²) in [5.74, 6) is 1.94. The fourth-order valence-electron chi connectivity index (χ4n) is 2.14. The van der Waals surface area contributed by atoms with Crippen LogP contribution in [0.2, 0.25) is 0 Å². The van der Waals surface area contributed by atoms with Crippen LogP contribution in [-0.4, -0.2) is 28.5 Å². The molecule has 0 radical (unpaired) electrons. The summed E-state index contributed by atoms with van der Waals surface area (Å²) in [6.45, 7) is 5.06. The van der Waals surface area contributed by atoms with Crippen LogP contribution in [0.3, 0.4) is 0 Å². The summed E-state index contributed by atoms with van der Waals surface area (Å²) in [6.07, 6.45) is 1.12. The zero-order valence-corrected chi connectivity index (χ0v) is 10.7. The van der Waals surface area contributed by atoms with Gasteiger partial charge in [-0.05, 0) is 18.1 Å². The van der Waals surface area contributed by atoms with Crippen LogP contribution >= 0.6 is 0 Å². The molecule has 3 rings (SSSR count). The van der Waals surface area contributed by atoms with Crippen LogP contribution in [-0.2, 0) is 4.74 Å². The Morgan fingerprint density at radius 2 is 2.28 bits per heavy atom. The van der Waals surface area contributed by atoms with Crippen LogP contribution < -0.4 is 0 Å². The highest BCUT2D eigenvalue weighted by molar-refractivity contribution is 5.94. The molecule has 0 aliphatic carbocycles. The van der Waals surface area contributed by atoms with E-state index < -0.39 is 0 Å². The third kappa shape index (κ3) is 1.88. The lowest BCUT2D eigenvalue weighted by Gasteiger charge is -2.11. The van der Waals surface area contributed by atoms with Gasteiger partial charge in [0.15, 0.2) is 5.82 Å². The average molecular weight is 243 g/mol. The molecule has 1 N–H and O–H groups in total. The first-order valence-electron chi connectivity index (χ1n) is 6.43. The van der Waals surface area contributed by atoms with Crippen LogP contribution in [0.5, 0.6) is 0 Å². The molecule has 0 saturated heterocycles. The van der Waals surface area contributed by atoms with Crippen LogP contribution in [0.1, 0.15) is 26.1 Å². The highest BCUT2D eigenvalue weighted by Crippen LogP contribution is 2.20. The molecular weight excluding hydrogens is 226 g/mol. The van der Waals surface area contributed by atoms with Gasteiger partial charge in [-0.1, -0.05) is 32.4 Å². The SMILES string of the molecule is CC[C@@H](C)[C@H]1COC(c2nc3ccccc3[nH]2)=N1. The van der Waals surface area contributed by atoms with Gasteiger partial charge in [-0.15, -0.1) is 0 Å². The summed E-state index contributed by atoms with van der Waals surface area (Å²) in [5, 5.41) is 0. The molecule has 1 aliphatic rings. The molecule has 0 unspecified atom stereocenters. The van der Waals surface area contributed by atoms with Gasteiger partial charge in [0.1, 0.15) is 6.61 Å². The van der Waals surface area contributed by atoms with Crippen molar-refractivity contribution in [2.75, 3.05) is 6.61 Å². The molecular formula is C14H17N3O. The maximum absolute atomic E-state index is 5.66. The molecule has 2 heterocycles. The Morgan fingerprint density at radius 3 is 3.06 bits per heavy atom. The smallest absolute Gasteiger partial charge is 0.253 e. The summed E-state index contributed by atoms with van der Waals surface area (Å²) < 4.78 is 5.66. The minimum Gasteiger partial charge on any atom is -0.473 e. The first-order chi connectivity index (χ1) is 8.78. The number of hydrogen-bond acceptors (Lipinski definition) is 3. The van der Waals surface area contributed by atoms with Crippen molar-refractivity contribution in [3.8, 4) is 0 Å². The maximum atomic E-state index is 5.66. The van der Waals surface area contributed by atoms with E-state index >= 15 is 0 Å². The van der Waals surface area contributed by atoms with E-state index in [1.807, 2.05) is 24.3 Å². The molecule has 1 aromatic carbocycles. The molecule has 4 heteroatoms. The Balaban J connectivity index is 1.91. The quantitative estimate of drug-likeness (QED) is 0.901. The molecule has 1 aromatic heterocycles. The number of ether oxygens (including phenoxy) is 1. The van der Waals surface area contributed by atoms with Gasteiger partial charge in [0, 0.05) is 0 Å². The van der Waals surface area contributed by atoms with Crippen molar-refractivity contribution in [1.82, 2.24) is 9.97 Å². The molecule has 94 valence electrons. The van der Waals surface area contributed by atoms with Crippen LogP contribution in [0.15, 0.2) is 29.3 Å². The molecule has 1 aliphatic heterocycles. The van der Waals surface area contributed by atoms with Crippen molar-refractivity contribution >= 4 is 16.9 Å². The van der Waals surface area contributed by atoms with E-state index in [4.69, 9.17) is 4.74 Å².